The fraction of sp³-hybridized carbons (Fsp3) is 0.353. The average molecular weight is 347 g/mol. The monoisotopic (exact) mass is 346 g/mol. The third kappa shape index (κ3) is 4.49. The van der Waals surface area contributed by atoms with Gasteiger partial charge >= 0.3 is 6.09 Å². The number of aromatic nitrogens is 3. The van der Waals surface area contributed by atoms with Gasteiger partial charge in [-0.2, -0.15) is 5.10 Å². The van der Waals surface area contributed by atoms with Crippen molar-refractivity contribution in [2.45, 2.75) is 33.3 Å². The van der Waals surface area contributed by atoms with Crippen LogP contribution in [0.4, 0.5) is 10.5 Å². The van der Waals surface area contributed by atoms with Crippen molar-refractivity contribution in [3.63, 3.8) is 0 Å². The van der Waals surface area contributed by atoms with Crippen LogP contribution in [0.3, 0.4) is 0 Å². The van der Waals surface area contributed by atoms with E-state index in [-0.39, 0.29) is 11.7 Å². The molecule has 0 unspecified atom stereocenters. The summed E-state index contributed by atoms with van der Waals surface area (Å²) >= 11 is 6.23. The molecule has 0 aliphatic carbocycles. The maximum absolute atomic E-state index is 12.5. The highest BCUT2D eigenvalue weighted by Crippen LogP contribution is 2.27. The third-order valence-electron chi connectivity index (χ3n) is 2.88. The molecule has 0 fully saturated rings. The smallest absolute Gasteiger partial charge is 0.415 e. The van der Waals surface area contributed by atoms with Gasteiger partial charge in [0.1, 0.15) is 11.3 Å². The predicted molar refractivity (Wildman–Crippen MR) is 93.4 cm³/mol. The molecule has 126 valence electrons. The molecule has 0 saturated carbocycles. The Morgan fingerprint density at radius 3 is 2.79 bits per heavy atom. The Morgan fingerprint density at radius 2 is 2.21 bits per heavy atom. The van der Waals surface area contributed by atoms with Crippen LogP contribution in [0.5, 0.6) is 0 Å². The lowest BCUT2D eigenvalue weighted by Gasteiger charge is -2.25. The van der Waals surface area contributed by atoms with Crippen LogP contribution in [-0.2, 0) is 4.74 Å². The molecule has 24 heavy (non-hydrogen) atoms. The van der Waals surface area contributed by atoms with E-state index in [1.54, 1.807) is 57.0 Å². The summed E-state index contributed by atoms with van der Waals surface area (Å²) in [6.07, 6.45) is 4.44. The number of halogens is 1. The molecule has 0 atom stereocenters. The van der Waals surface area contributed by atoms with Crippen LogP contribution in [-0.4, -0.2) is 33.0 Å². The standard InChI is InChI=1S/C17H19ClN4O2/c1-5-6-10-21(16(23)24-17(2,3)4)14-12-22(20-15(14)18)13-8-7-9-19-11-13/h7-9,11-12H,10H2,1-4H3. The van der Waals surface area contributed by atoms with Crippen molar-refractivity contribution >= 4 is 23.4 Å². The summed E-state index contributed by atoms with van der Waals surface area (Å²) in [6.45, 7) is 7.26. The molecule has 2 aromatic rings. The van der Waals surface area contributed by atoms with E-state index in [4.69, 9.17) is 16.3 Å². The van der Waals surface area contributed by atoms with Crippen LogP contribution in [0.25, 0.3) is 5.69 Å². The van der Waals surface area contributed by atoms with Crippen LogP contribution in [0.15, 0.2) is 30.7 Å². The number of anilines is 1. The molecule has 0 saturated heterocycles. The van der Waals surface area contributed by atoms with Gasteiger partial charge in [0.25, 0.3) is 0 Å². The maximum Gasteiger partial charge on any atom is 0.415 e. The van der Waals surface area contributed by atoms with E-state index in [0.717, 1.165) is 5.69 Å². The van der Waals surface area contributed by atoms with E-state index in [1.165, 1.54) is 4.90 Å². The number of ether oxygens (including phenoxy) is 1. The number of amides is 1. The lowest BCUT2D eigenvalue weighted by atomic mass is 10.2. The minimum Gasteiger partial charge on any atom is -0.443 e. The number of nitrogens with zero attached hydrogens (tertiary/aromatic N) is 4. The van der Waals surface area contributed by atoms with Crippen LogP contribution in [0, 0.1) is 11.8 Å². The lowest BCUT2D eigenvalue weighted by Crippen LogP contribution is -2.37. The van der Waals surface area contributed by atoms with Crippen LogP contribution in [0.1, 0.15) is 27.7 Å². The molecule has 0 aliphatic heterocycles. The molecular weight excluding hydrogens is 328 g/mol. The van der Waals surface area contributed by atoms with E-state index in [9.17, 15) is 4.79 Å². The van der Waals surface area contributed by atoms with Crippen LogP contribution in [0.2, 0.25) is 5.15 Å². The van der Waals surface area contributed by atoms with Gasteiger partial charge in [0.2, 0.25) is 0 Å². The van der Waals surface area contributed by atoms with E-state index in [0.29, 0.717) is 5.69 Å². The number of pyridine rings is 1. The zero-order chi connectivity index (χ0) is 17.7. The number of rotatable bonds is 3. The second-order valence-corrected chi connectivity index (χ2v) is 6.31. The first-order valence-corrected chi connectivity index (χ1v) is 7.75. The normalized spacial score (nSPS) is 10.7. The molecule has 0 spiro atoms. The van der Waals surface area contributed by atoms with Crippen molar-refractivity contribution < 1.29 is 9.53 Å². The summed E-state index contributed by atoms with van der Waals surface area (Å²) < 4.78 is 6.99. The Morgan fingerprint density at radius 1 is 1.46 bits per heavy atom. The van der Waals surface area contributed by atoms with Gasteiger partial charge in [-0.05, 0) is 39.8 Å². The molecule has 0 N–H and O–H groups in total. The van der Waals surface area contributed by atoms with Gasteiger partial charge in [-0.25, -0.2) is 9.48 Å². The first-order valence-electron chi connectivity index (χ1n) is 7.37. The molecule has 6 nitrogen and oxygen atoms in total. The Balaban J connectivity index is 2.37. The van der Waals surface area contributed by atoms with E-state index >= 15 is 0 Å². The van der Waals surface area contributed by atoms with Crippen molar-refractivity contribution in [3.8, 4) is 17.5 Å². The Labute approximate surface area is 146 Å². The SMILES string of the molecule is CC#CCN(C(=O)OC(C)(C)C)c1cn(-c2cccnc2)nc1Cl. The zero-order valence-corrected chi connectivity index (χ0v) is 14.8. The van der Waals surface area contributed by atoms with Gasteiger partial charge in [0, 0.05) is 6.20 Å². The highest BCUT2D eigenvalue weighted by atomic mass is 35.5. The van der Waals surface area contributed by atoms with Gasteiger partial charge in [-0.15, -0.1) is 5.92 Å². The highest BCUT2D eigenvalue weighted by Gasteiger charge is 2.26. The molecule has 0 aromatic carbocycles. The second kappa shape index (κ2) is 7.37. The third-order valence-corrected chi connectivity index (χ3v) is 3.15. The fourth-order valence-corrected chi connectivity index (χ4v) is 2.10. The maximum atomic E-state index is 12.5. The molecule has 0 radical (unpaired) electrons. The molecule has 7 heteroatoms. The molecule has 0 aliphatic rings. The quantitative estimate of drug-likeness (QED) is 0.795. The van der Waals surface area contributed by atoms with Gasteiger partial charge in [0.05, 0.1) is 24.6 Å². The first-order chi connectivity index (χ1) is 11.3. The minimum absolute atomic E-state index is 0.157. The lowest BCUT2D eigenvalue weighted by molar-refractivity contribution is 0.0585. The highest BCUT2D eigenvalue weighted by molar-refractivity contribution is 6.32. The summed E-state index contributed by atoms with van der Waals surface area (Å²) in [5, 5.41) is 4.42. The second-order valence-electron chi connectivity index (χ2n) is 5.95. The van der Waals surface area contributed by atoms with Crippen LogP contribution >= 0.6 is 11.6 Å². The summed E-state index contributed by atoms with van der Waals surface area (Å²) in [5.41, 5.74) is 0.537. The van der Waals surface area contributed by atoms with E-state index in [2.05, 4.69) is 21.9 Å². The number of hydrogen-bond donors (Lipinski definition) is 0. The minimum atomic E-state index is -0.624. The summed E-state index contributed by atoms with van der Waals surface area (Å²) in [7, 11) is 0. The zero-order valence-electron chi connectivity index (χ0n) is 14.1. The Kier molecular flexibility index (Phi) is 5.47. The average Bonchev–Trinajstić information content (AvgIpc) is 2.89. The van der Waals surface area contributed by atoms with Gasteiger partial charge < -0.3 is 4.74 Å². The molecular formula is C17H19ClN4O2. The largest absolute Gasteiger partial charge is 0.443 e. The number of carbonyl (C=O) groups excluding carboxylic acids is 1. The molecule has 0 bridgehead atoms. The molecule has 2 rings (SSSR count). The van der Waals surface area contributed by atoms with Gasteiger partial charge in [-0.3, -0.25) is 9.88 Å². The van der Waals surface area contributed by atoms with Crippen LogP contribution < -0.4 is 4.90 Å². The predicted octanol–water partition coefficient (Wildman–Crippen LogP) is 3.69. The molecule has 1 amide bonds. The van der Waals surface area contributed by atoms with Gasteiger partial charge in [0.15, 0.2) is 5.15 Å². The van der Waals surface area contributed by atoms with Crippen molar-refractivity contribution in [1.82, 2.24) is 14.8 Å². The van der Waals surface area contributed by atoms with E-state index < -0.39 is 11.7 Å². The fourth-order valence-electron chi connectivity index (χ4n) is 1.87. The summed E-state index contributed by atoms with van der Waals surface area (Å²) in [4.78, 5) is 17.9. The van der Waals surface area contributed by atoms with Crippen molar-refractivity contribution in [1.29, 1.82) is 0 Å². The number of hydrogen-bond acceptors (Lipinski definition) is 4. The summed E-state index contributed by atoms with van der Waals surface area (Å²) in [6, 6.07) is 3.63. The van der Waals surface area contributed by atoms with Gasteiger partial charge in [-0.1, -0.05) is 17.5 Å². The van der Waals surface area contributed by atoms with Crippen molar-refractivity contribution in [2.75, 3.05) is 11.4 Å². The molecule has 2 heterocycles. The Hall–Kier alpha value is -2.52. The summed E-state index contributed by atoms with van der Waals surface area (Å²) in [5.74, 6) is 5.62. The van der Waals surface area contributed by atoms with E-state index in [1.807, 2.05) is 6.07 Å². The topological polar surface area (TPSA) is 60.2 Å². The molecule has 2 aromatic heterocycles. The number of carbonyl (C=O) groups is 1. The first kappa shape index (κ1) is 17.8. The van der Waals surface area contributed by atoms with Crippen molar-refractivity contribution in [2.24, 2.45) is 0 Å². The van der Waals surface area contributed by atoms with Crippen molar-refractivity contribution in [3.05, 3.63) is 35.9 Å². The Bertz CT molecular complexity index is 769.